The quantitative estimate of drug-likeness (QED) is 0.198. The summed E-state index contributed by atoms with van der Waals surface area (Å²) in [7, 11) is 1.71. The van der Waals surface area contributed by atoms with Crippen LogP contribution < -0.4 is 0 Å². The van der Waals surface area contributed by atoms with Crippen LogP contribution in [0.25, 0.3) is 27.6 Å². The molecule has 2 heterocycles. The highest BCUT2D eigenvalue weighted by atomic mass is 16.6. The van der Waals surface area contributed by atoms with E-state index in [2.05, 4.69) is 65.4 Å². The van der Waals surface area contributed by atoms with Crippen LogP contribution in [0.1, 0.15) is 51.2 Å². The number of ether oxygens (including phenoxy) is 2. The molecule has 0 bridgehead atoms. The lowest BCUT2D eigenvalue weighted by Gasteiger charge is -2.34. The molecular formula is C38H43N3O4. The fourth-order valence-corrected chi connectivity index (χ4v) is 6.21. The first-order chi connectivity index (χ1) is 21.7. The van der Waals surface area contributed by atoms with Gasteiger partial charge >= 0.3 is 6.09 Å². The Hall–Kier alpha value is -4.36. The van der Waals surface area contributed by atoms with Crippen LogP contribution in [0.3, 0.4) is 0 Å². The van der Waals surface area contributed by atoms with Gasteiger partial charge < -0.3 is 23.8 Å². The zero-order chi connectivity index (χ0) is 31.6. The Kier molecular flexibility index (Phi) is 8.81. The Labute approximate surface area is 266 Å². The van der Waals surface area contributed by atoms with Gasteiger partial charge in [-0.3, -0.25) is 4.79 Å². The molecular weight excluding hydrogens is 562 g/mol. The van der Waals surface area contributed by atoms with Gasteiger partial charge in [-0.15, -0.1) is 0 Å². The minimum atomic E-state index is -0.619. The summed E-state index contributed by atoms with van der Waals surface area (Å²) in [4.78, 5) is 31.7. The van der Waals surface area contributed by atoms with Crippen molar-refractivity contribution in [1.29, 1.82) is 0 Å². The Morgan fingerprint density at radius 1 is 0.911 bits per heavy atom. The molecule has 6 rings (SSSR count). The molecule has 3 aromatic carbocycles. The zero-order valence-corrected chi connectivity index (χ0v) is 26.8. The molecule has 0 spiro atoms. The molecule has 45 heavy (non-hydrogen) atoms. The Morgan fingerprint density at radius 2 is 1.62 bits per heavy atom. The van der Waals surface area contributed by atoms with E-state index in [0.29, 0.717) is 31.7 Å². The van der Waals surface area contributed by atoms with Crippen molar-refractivity contribution >= 4 is 28.5 Å². The molecule has 7 nitrogen and oxygen atoms in total. The average molecular weight is 606 g/mol. The summed E-state index contributed by atoms with van der Waals surface area (Å²) in [5.41, 5.74) is 6.57. The van der Waals surface area contributed by atoms with Gasteiger partial charge in [0.2, 0.25) is 0 Å². The Morgan fingerprint density at radius 3 is 2.36 bits per heavy atom. The van der Waals surface area contributed by atoms with E-state index in [1.54, 1.807) is 12.0 Å². The topological polar surface area (TPSA) is 64.0 Å². The van der Waals surface area contributed by atoms with Gasteiger partial charge in [-0.1, -0.05) is 66.7 Å². The lowest BCUT2D eigenvalue weighted by atomic mass is 9.90. The van der Waals surface area contributed by atoms with E-state index in [1.165, 1.54) is 0 Å². The lowest BCUT2D eigenvalue weighted by Crippen LogP contribution is -2.44. The molecule has 7 heteroatoms. The predicted octanol–water partition coefficient (Wildman–Crippen LogP) is 7.54. The first-order valence-corrected chi connectivity index (χ1v) is 15.9. The van der Waals surface area contributed by atoms with Gasteiger partial charge in [0, 0.05) is 55.5 Å². The molecule has 1 saturated carbocycles. The van der Waals surface area contributed by atoms with Crippen molar-refractivity contribution in [2.24, 2.45) is 0 Å². The van der Waals surface area contributed by atoms with Crippen LogP contribution in [-0.2, 0) is 27.4 Å². The lowest BCUT2D eigenvalue weighted by molar-refractivity contribution is -0.128. The van der Waals surface area contributed by atoms with Crippen LogP contribution in [-0.4, -0.2) is 64.8 Å². The second-order valence-electron chi connectivity index (χ2n) is 13.1. The molecule has 1 aliphatic carbocycles. The number of methoxy groups -OCH3 is 1. The summed E-state index contributed by atoms with van der Waals surface area (Å²) in [5, 5.41) is 1.15. The van der Waals surface area contributed by atoms with Crippen molar-refractivity contribution < 1.29 is 19.1 Å². The van der Waals surface area contributed by atoms with E-state index in [-0.39, 0.29) is 24.6 Å². The molecule has 0 unspecified atom stereocenters. The number of aromatic nitrogens is 1. The van der Waals surface area contributed by atoms with E-state index in [0.717, 1.165) is 58.1 Å². The van der Waals surface area contributed by atoms with E-state index in [1.807, 2.05) is 49.9 Å². The van der Waals surface area contributed by atoms with Crippen molar-refractivity contribution in [2.75, 3.05) is 26.8 Å². The van der Waals surface area contributed by atoms with Gasteiger partial charge in [-0.2, -0.15) is 0 Å². The maximum Gasteiger partial charge on any atom is 0.410 e. The van der Waals surface area contributed by atoms with Crippen LogP contribution in [0, 0.1) is 0 Å². The largest absolute Gasteiger partial charge is 0.444 e. The third kappa shape index (κ3) is 6.99. The molecule has 0 radical (unpaired) electrons. The molecule has 4 aromatic rings. The van der Waals surface area contributed by atoms with E-state index >= 15 is 0 Å². The molecule has 234 valence electrons. The van der Waals surface area contributed by atoms with Crippen LogP contribution >= 0.6 is 0 Å². The number of hydrogen-bond donors (Lipinski definition) is 0. The molecule has 1 aromatic heterocycles. The Balaban J connectivity index is 1.38. The van der Waals surface area contributed by atoms with Gasteiger partial charge in [-0.05, 0) is 80.0 Å². The number of para-hydroxylation sites is 1. The maximum atomic E-state index is 14.8. The van der Waals surface area contributed by atoms with E-state index in [4.69, 9.17) is 9.47 Å². The fourth-order valence-electron chi connectivity index (χ4n) is 6.21. The first kappa shape index (κ1) is 30.7. The van der Waals surface area contributed by atoms with Crippen molar-refractivity contribution in [3.05, 3.63) is 102 Å². The summed E-state index contributed by atoms with van der Waals surface area (Å²) in [6.45, 7) is 8.19. The highest BCUT2D eigenvalue weighted by Crippen LogP contribution is 2.36. The molecule has 1 fully saturated rings. The van der Waals surface area contributed by atoms with Crippen molar-refractivity contribution in [1.82, 2.24) is 14.4 Å². The molecule has 2 amide bonds. The monoisotopic (exact) mass is 605 g/mol. The Bertz CT molecular complexity index is 1710. The first-order valence-electron chi connectivity index (χ1n) is 15.9. The summed E-state index contributed by atoms with van der Waals surface area (Å²) in [6, 6.07) is 27.2. The minimum Gasteiger partial charge on any atom is -0.444 e. The number of hydrogen-bond acceptors (Lipinski definition) is 4. The second-order valence-corrected chi connectivity index (χ2v) is 13.1. The average Bonchev–Trinajstić information content (AvgIpc) is 3.83. The number of benzene rings is 3. The minimum absolute atomic E-state index is 0.000375. The van der Waals surface area contributed by atoms with Crippen LogP contribution in [0.2, 0.25) is 0 Å². The summed E-state index contributed by atoms with van der Waals surface area (Å²) < 4.78 is 13.3. The number of carbonyl (C=O) groups is 2. The molecule has 2 aliphatic rings. The number of amides is 2. The SMILES string of the molecule is COCCn1cc(CN(C(=O)C2=C(c3cccc(-c4ccccc4)c3)CCN(C(=O)OC(C)(C)C)C2)C2CC2)c2ccccc21. The highest BCUT2D eigenvalue weighted by molar-refractivity contribution is 6.03. The summed E-state index contributed by atoms with van der Waals surface area (Å²) in [6.07, 6.45) is 4.32. The standard InChI is InChI=1S/C38H43N3O4/c1-38(2,3)45-37(43)40-20-19-32(29-14-10-13-28(23-29)27-11-6-5-7-12-27)34(26-40)36(42)41(31-17-18-31)25-30-24-39(21-22-44-4)35-16-9-8-15-33(30)35/h5-16,23-24,31H,17-22,25-26H2,1-4H3. The van der Waals surface area contributed by atoms with Gasteiger partial charge in [0.25, 0.3) is 5.91 Å². The number of fused-ring (bicyclic) bond motifs is 1. The molecule has 0 atom stereocenters. The number of carbonyl (C=O) groups excluding carboxylic acids is 2. The van der Waals surface area contributed by atoms with Gasteiger partial charge in [0.15, 0.2) is 0 Å². The highest BCUT2D eigenvalue weighted by Gasteiger charge is 2.38. The zero-order valence-electron chi connectivity index (χ0n) is 26.8. The van der Waals surface area contributed by atoms with Crippen LogP contribution in [0.15, 0.2) is 90.6 Å². The summed E-state index contributed by atoms with van der Waals surface area (Å²) >= 11 is 0. The van der Waals surface area contributed by atoms with Gasteiger partial charge in [0.05, 0.1) is 13.2 Å². The molecule has 0 N–H and O–H groups in total. The third-order valence-electron chi connectivity index (χ3n) is 8.57. The normalized spacial score (nSPS) is 15.4. The third-order valence-corrected chi connectivity index (χ3v) is 8.57. The summed E-state index contributed by atoms with van der Waals surface area (Å²) in [5.74, 6) is -0.000375. The smallest absolute Gasteiger partial charge is 0.410 e. The molecule has 1 aliphatic heterocycles. The number of rotatable bonds is 9. The fraction of sp³-hybridized carbons (Fsp3) is 0.368. The predicted molar refractivity (Wildman–Crippen MR) is 179 cm³/mol. The van der Waals surface area contributed by atoms with Gasteiger partial charge in [-0.25, -0.2) is 4.79 Å². The maximum absolute atomic E-state index is 14.8. The molecule has 0 saturated heterocycles. The van der Waals surface area contributed by atoms with Crippen LogP contribution in [0.4, 0.5) is 4.79 Å². The van der Waals surface area contributed by atoms with Crippen molar-refractivity contribution in [3.8, 4) is 11.1 Å². The van der Waals surface area contributed by atoms with Gasteiger partial charge in [0.1, 0.15) is 5.60 Å². The van der Waals surface area contributed by atoms with Crippen molar-refractivity contribution in [3.63, 3.8) is 0 Å². The van der Waals surface area contributed by atoms with Crippen LogP contribution in [0.5, 0.6) is 0 Å². The van der Waals surface area contributed by atoms with Crippen molar-refractivity contribution in [2.45, 2.75) is 64.8 Å². The van der Waals surface area contributed by atoms with E-state index in [9.17, 15) is 9.59 Å². The number of nitrogens with zero attached hydrogens (tertiary/aromatic N) is 3. The van der Waals surface area contributed by atoms with E-state index < -0.39 is 5.60 Å². The second kappa shape index (κ2) is 12.9.